The zero-order valence-corrected chi connectivity index (χ0v) is 9.84. The lowest BCUT2D eigenvalue weighted by molar-refractivity contribution is 0.0149. The van der Waals surface area contributed by atoms with Crippen molar-refractivity contribution in [3.05, 3.63) is 39.8 Å². The van der Waals surface area contributed by atoms with E-state index in [-0.39, 0.29) is 24.1 Å². The van der Waals surface area contributed by atoms with E-state index in [4.69, 9.17) is 10.6 Å². The van der Waals surface area contributed by atoms with Crippen LogP contribution in [-0.4, -0.2) is 39.0 Å². The third-order valence-electron chi connectivity index (χ3n) is 2.55. The van der Waals surface area contributed by atoms with Gasteiger partial charge in [0.15, 0.2) is 0 Å². The van der Waals surface area contributed by atoms with Crippen molar-refractivity contribution in [2.75, 3.05) is 6.54 Å². The molecule has 0 heterocycles. The Labute approximate surface area is 108 Å². The summed E-state index contributed by atoms with van der Waals surface area (Å²) in [7, 11) is 0. The third kappa shape index (κ3) is 3.85. The molecule has 2 atom stereocenters. The molecule has 0 aliphatic carbocycles. The summed E-state index contributed by atoms with van der Waals surface area (Å²) >= 11 is 0. The molecule has 0 amide bonds. The van der Waals surface area contributed by atoms with Crippen LogP contribution in [0.4, 0.5) is 0 Å². The maximum Gasteiger partial charge on any atom is 0.339 e. The first-order valence-corrected chi connectivity index (χ1v) is 5.40. The van der Waals surface area contributed by atoms with Crippen LogP contribution < -0.4 is 0 Å². The monoisotopic (exact) mass is 267 g/mol. The Kier molecular flexibility index (Phi) is 5.13. The number of azide groups is 1. The first-order valence-electron chi connectivity index (χ1n) is 5.40. The predicted molar refractivity (Wildman–Crippen MR) is 64.7 cm³/mol. The maximum atomic E-state index is 10.8. The number of benzene rings is 1. The molecular formula is C11H13N3O5. The number of hydrogen-bond acceptors (Lipinski definition) is 5. The number of aromatic hydroxyl groups is 1. The molecule has 0 saturated heterocycles. The zero-order chi connectivity index (χ0) is 14.4. The highest BCUT2D eigenvalue weighted by Crippen LogP contribution is 2.25. The average molecular weight is 267 g/mol. The number of carboxylic acid groups (broad SMARTS) is 1. The zero-order valence-electron chi connectivity index (χ0n) is 9.84. The molecule has 0 aliphatic rings. The van der Waals surface area contributed by atoms with Gasteiger partial charge in [0.1, 0.15) is 17.4 Å². The molecule has 2 unspecified atom stereocenters. The summed E-state index contributed by atoms with van der Waals surface area (Å²) < 4.78 is 0. The minimum atomic E-state index is -1.34. The number of rotatable bonds is 6. The van der Waals surface area contributed by atoms with Crippen molar-refractivity contribution in [2.24, 2.45) is 5.11 Å². The smallest absolute Gasteiger partial charge is 0.339 e. The molecule has 0 aromatic heterocycles. The van der Waals surface area contributed by atoms with Gasteiger partial charge in [0.2, 0.25) is 0 Å². The number of aliphatic hydroxyl groups excluding tert-OH is 2. The van der Waals surface area contributed by atoms with Crippen molar-refractivity contribution in [3.8, 4) is 5.75 Å². The van der Waals surface area contributed by atoms with E-state index in [1.54, 1.807) is 0 Å². The highest BCUT2D eigenvalue weighted by Gasteiger charge is 2.20. The molecule has 102 valence electrons. The fraction of sp³-hybridized carbons (Fsp3) is 0.364. The van der Waals surface area contributed by atoms with E-state index in [1.807, 2.05) is 0 Å². The fourth-order valence-corrected chi connectivity index (χ4v) is 1.52. The van der Waals surface area contributed by atoms with Gasteiger partial charge in [0.25, 0.3) is 0 Å². The van der Waals surface area contributed by atoms with Gasteiger partial charge in [-0.1, -0.05) is 11.2 Å². The van der Waals surface area contributed by atoms with Crippen molar-refractivity contribution >= 4 is 5.97 Å². The first kappa shape index (κ1) is 14.8. The largest absolute Gasteiger partial charge is 0.507 e. The Morgan fingerprint density at radius 2 is 2.11 bits per heavy atom. The van der Waals surface area contributed by atoms with Crippen LogP contribution in [0.3, 0.4) is 0 Å². The Hall–Kier alpha value is -2.28. The van der Waals surface area contributed by atoms with Crippen molar-refractivity contribution in [2.45, 2.75) is 18.6 Å². The molecule has 0 saturated carbocycles. The number of carboxylic acids is 1. The molecule has 1 rings (SSSR count). The predicted octanol–water partition coefficient (Wildman–Crippen LogP) is 1.19. The summed E-state index contributed by atoms with van der Waals surface area (Å²) in [6, 6.07) is 3.52. The van der Waals surface area contributed by atoms with Crippen LogP contribution in [0.1, 0.15) is 28.4 Å². The van der Waals surface area contributed by atoms with Crippen LogP contribution >= 0.6 is 0 Å². The summed E-state index contributed by atoms with van der Waals surface area (Å²) in [4.78, 5) is 13.3. The number of aromatic carboxylic acids is 1. The molecular weight excluding hydrogens is 254 g/mol. The third-order valence-corrected chi connectivity index (χ3v) is 2.55. The van der Waals surface area contributed by atoms with Gasteiger partial charge < -0.3 is 20.4 Å². The van der Waals surface area contributed by atoms with Crippen LogP contribution in [0.2, 0.25) is 0 Å². The van der Waals surface area contributed by atoms with E-state index in [0.29, 0.717) is 0 Å². The second-order valence-corrected chi connectivity index (χ2v) is 3.84. The molecule has 1 aromatic rings. The van der Waals surface area contributed by atoms with Gasteiger partial charge in [-0.15, -0.1) is 0 Å². The van der Waals surface area contributed by atoms with Crippen LogP contribution in [-0.2, 0) is 0 Å². The fourth-order valence-electron chi connectivity index (χ4n) is 1.52. The van der Waals surface area contributed by atoms with Crippen LogP contribution in [0.25, 0.3) is 10.4 Å². The second kappa shape index (κ2) is 6.60. The highest BCUT2D eigenvalue weighted by atomic mass is 16.4. The number of phenols is 1. The van der Waals surface area contributed by atoms with E-state index < -0.39 is 23.9 Å². The number of hydrogen-bond donors (Lipinski definition) is 4. The summed E-state index contributed by atoms with van der Waals surface area (Å²) in [6.45, 7) is 0.0125. The minimum absolute atomic E-state index is 0.0125. The minimum Gasteiger partial charge on any atom is -0.507 e. The lowest BCUT2D eigenvalue weighted by Crippen LogP contribution is -2.19. The van der Waals surface area contributed by atoms with E-state index >= 15 is 0 Å². The Morgan fingerprint density at radius 3 is 2.68 bits per heavy atom. The van der Waals surface area contributed by atoms with Gasteiger partial charge in [0, 0.05) is 11.5 Å². The second-order valence-electron chi connectivity index (χ2n) is 3.84. The van der Waals surface area contributed by atoms with Gasteiger partial charge in [0.05, 0.1) is 6.10 Å². The first-order chi connectivity index (χ1) is 8.97. The standard InChI is InChI=1S/C11H13N3O5/c12-14-13-4-3-9(16)10(17)6-1-2-8(15)7(5-6)11(18)19/h1-2,5,9-10,15-17H,3-4H2,(H,18,19). The lowest BCUT2D eigenvalue weighted by Gasteiger charge is -2.18. The normalized spacial score (nSPS) is 13.4. The maximum absolute atomic E-state index is 10.8. The van der Waals surface area contributed by atoms with E-state index in [2.05, 4.69) is 10.0 Å². The van der Waals surface area contributed by atoms with Gasteiger partial charge in [-0.05, 0) is 29.6 Å². The Bertz CT molecular complexity index is 513. The molecule has 8 heteroatoms. The van der Waals surface area contributed by atoms with Crippen LogP contribution in [0.15, 0.2) is 23.3 Å². The van der Waals surface area contributed by atoms with Crippen LogP contribution in [0, 0.1) is 0 Å². The van der Waals surface area contributed by atoms with E-state index in [1.165, 1.54) is 6.07 Å². The molecule has 19 heavy (non-hydrogen) atoms. The summed E-state index contributed by atoms with van der Waals surface area (Å²) in [5.74, 6) is -1.76. The SMILES string of the molecule is [N-]=[N+]=NCCC(O)C(O)c1ccc(O)c(C(=O)O)c1. The average Bonchev–Trinajstić information content (AvgIpc) is 2.38. The molecule has 0 radical (unpaired) electrons. The Morgan fingerprint density at radius 1 is 1.42 bits per heavy atom. The summed E-state index contributed by atoms with van der Waals surface area (Å²) in [5, 5.41) is 40.8. The number of carbonyl (C=O) groups is 1. The van der Waals surface area contributed by atoms with Crippen LogP contribution in [0.5, 0.6) is 5.75 Å². The summed E-state index contributed by atoms with van der Waals surface area (Å²) in [6.07, 6.45) is -2.49. The summed E-state index contributed by atoms with van der Waals surface area (Å²) in [5.41, 5.74) is 7.88. The van der Waals surface area contributed by atoms with Gasteiger partial charge >= 0.3 is 5.97 Å². The molecule has 0 fully saturated rings. The van der Waals surface area contributed by atoms with Gasteiger partial charge in [-0.2, -0.15) is 0 Å². The molecule has 4 N–H and O–H groups in total. The van der Waals surface area contributed by atoms with E-state index in [0.717, 1.165) is 12.1 Å². The molecule has 1 aromatic carbocycles. The molecule has 0 bridgehead atoms. The topological polar surface area (TPSA) is 147 Å². The van der Waals surface area contributed by atoms with Gasteiger partial charge in [-0.3, -0.25) is 0 Å². The van der Waals surface area contributed by atoms with Crippen molar-refractivity contribution in [3.63, 3.8) is 0 Å². The quantitative estimate of drug-likeness (QED) is 0.347. The van der Waals surface area contributed by atoms with Crippen molar-refractivity contribution < 1.29 is 25.2 Å². The number of nitrogens with zero attached hydrogens (tertiary/aromatic N) is 3. The molecule has 0 aliphatic heterocycles. The van der Waals surface area contributed by atoms with Gasteiger partial charge in [-0.25, -0.2) is 4.79 Å². The van der Waals surface area contributed by atoms with Crippen molar-refractivity contribution in [1.82, 2.24) is 0 Å². The molecule has 0 spiro atoms. The molecule has 8 nitrogen and oxygen atoms in total. The van der Waals surface area contributed by atoms with Crippen molar-refractivity contribution in [1.29, 1.82) is 0 Å². The highest BCUT2D eigenvalue weighted by molar-refractivity contribution is 5.90. The number of aliphatic hydroxyl groups is 2. The van der Waals surface area contributed by atoms with E-state index in [9.17, 15) is 20.1 Å². The lowest BCUT2D eigenvalue weighted by atomic mass is 9.99. The Balaban J connectivity index is 2.87.